The fourth-order valence-electron chi connectivity index (χ4n) is 4.02. The summed E-state index contributed by atoms with van der Waals surface area (Å²) in [6.07, 6.45) is 1.62. The van der Waals surface area contributed by atoms with E-state index in [0.29, 0.717) is 21.2 Å². The van der Waals surface area contributed by atoms with E-state index in [-0.39, 0.29) is 39.4 Å². The number of aromatic nitrogens is 1. The molecule has 1 aromatic heterocycles. The SMILES string of the molecule is CCOC(=O)C1=C(N)n2c(s/c(=C\c3ccccc3Cl)c2=O)=C(C(=O)OCC)C1c1ccccc1Cl. The molecule has 0 saturated carbocycles. The van der Waals surface area contributed by atoms with E-state index in [1.54, 1.807) is 68.5 Å². The summed E-state index contributed by atoms with van der Waals surface area (Å²) in [6.45, 7) is 3.47. The first-order valence-electron chi connectivity index (χ1n) is 11.1. The zero-order chi connectivity index (χ0) is 26.0. The monoisotopic (exact) mass is 544 g/mol. The third-order valence-electron chi connectivity index (χ3n) is 5.55. The van der Waals surface area contributed by atoms with Crippen LogP contribution in [0.5, 0.6) is 0 Å². The molecule has 3 aromatic rings. The van der Waals surface area contributed by atoms with Gasteiger partial charge in [0.2, 0.25) is 0 Å². The van der Waals surface area contributed by atoms with Gasteiger partial charge in [-0.15, -0.1) is 11.3 Å². The molecule has 7 nitrogen and oxygen atoms in total. The Bertz CT molecular complexity index is 1570. The average molecular weight is 545 g/mol. The first-order valence-corrected chi connectivity index (χ1v) is 12.7. The fraction of sp³-hybridized carbons (Fsp3) is 0.192. The van der Waals surface area contributed by atoms with E-state index >= 15 is 0 Å². The van der Waals surface area contributed by atoms with E-state index in [2.05, 4.69) is 0 Å². The molecule has 0 bridgehead atoms. The topological polar surface area (TPSA) is 101 Å². The van der Waals surface area contributed by atoms with Crippen LogP contribution in [0.15, 0.2) is 58.9 Å². The number of benzene rings is 2. The maximum Gasteiger partial charge on any atom is 0.338 e. The quantitative estimate of drug-likeness (QED) is 0.478. The van der Waals surface area contributed by atoms with E-state index in [1.165, 1.54) is 0 Å². The average Bonchev–Trinajstić information content (AvgIpc) is 3.16. The third-order valence-corrected chi connectivity index (χ3v) is 7.34. The maximum atomic E-state index is 13.5. The highest BCUT2D eigenvalue weighted by Crippen LogP contribution is 2.40. The molecule has 2 heterocycles. The molecule has 36 heavy (non-hydrogen) atoms. The number of fused-ring (bicyclic) bond motifs is 1. The van der Waals surface area contributed by atoms with Gasteiger partial charge in [0.15, 0.2) is 0 Å². The molecule has 1 aliphatic heterocycles. The first kappa shape index (κ1) is 25.8. The van der Waals surface area contributed by atoms with Gasteiger partial charge in [0.1, 0.15) is 10.5 Å². The minimum absolute atomic E-state index is 0.0651. The lowest BCUT2D eigenvalue weighted by Crippen LogP contribution is -2.42. The first-order chi connectivity index (χ1) is 17.3. The van der Waals surface area contributed by atoms with Crippen molar-refractivity contribution in [1.29, 1.82) is 0 Å². The number of hydrogen-bond acceptors (Lipinski definition) is 7. The summed E-state index contributed by atoms with van der Waals surface area (Å²) in [5.41, 5.74) is 7.04. The molecule has 1 unspecified atom stereocenters. The lowest BCUT2D eigenvalue weighted by atomic mass is 9.83. The molecular weight excluding hydrogens is 523 g/mol. The molecule has 10 heteroatoms. The third kappa shape index (κ3) is 4.59. The predicted octanol–water partition coefficient (Wildman–Crippen LogP) is 3.25. The van der Waals surface area contributed by atoms with Crippen LogP contribution >= 0.6 is 34.5 Å². The van der Waals surface area contributed by atoms with Crippen LogP contribution in [0.4, 0.5) is 0 Å². The summed E-state index contributed by atoms with van der Waals surface area (Å²) < 4.78 is 12.3. The van der Waals surface area contributed by atoms with E-state index in [4.69, 9.17) is 38.4 Å². The Kier molecular flexibility index (Phi) is 7.68. The highest BCUT2D eigenvalue weighted by Gasteiger charge is 2.40. The molecule has 186 valence electrons. The van der Waals surface area contributed by atoms with Gasteiger partial charge in [-0.25, -0.2) is 9.59 Å². The van der Waals surface area contributed by atoms with Gasteiger partial charge in [0, 0.05) is 10.0 Å². The van der Waals surface area contributed by atoms with Crippen molar-refractivity contribution >= 4 is 63.9 Å². The molecule has 2 N–H and O–H groups in total. The van der Waals surface area contributed by atoms with Crippen molar-refractivity contribution in [2.75, 3.05) is 13.2 Å². The van der Waals surface area contributed by atoms with Gasteiger partial charge in [-0.1, -0.05) is 59.6 Å². The van der Waals surface area contributed by atoms with Crippen molar-refractivity contribution in [1.82, 2.24) is 4.57 Å². The second-order valence-electron chi connectivity index (χ2n) is 7.69. The Morgan fingerprint density at radius 3 is 2.17 bits per heavy atom. The molecule has 0 aliphatic carbocycles. The number of nitrogens with two attached hydrogens (primary N) is 1. The molecule has 1 aliphatic rings. The largest absolute Gasteiger partial charge is 0.463 e. The Hall–Kier alpha value is -3.33. The number of nitrogens with zero attached hydrogens (tertiary/aromatic N) is 1. The molecule has 0 saturated heterocycles. The highest BCUT2D eigenvalue weighted by atomic mass is 35.5. The lowest BCUT2D eigenvalue weighted by Gasteiger charge is -2.27. The summed E-state index contributed by atoms with van der Waals surface area (Å²) >= 11 is 13.9. The van der Waals surface area contributed by atoms with Crippen LogP contribution in [0.2, 0.25) is 10.0 Å². The smallest absolute Gasteiger partial charge is 0.338 e. The van der Waals surface area contributed by atoms with Crippen molar-refractivity contribution in [2.45, 2.75) is 19.8 Å². The zero-order valence-electron chi connectivity index (χ0n) is 19.4. The number of ether oxygens (including phenoxy) is 2. The molecule has 0 amide bonds. The van der Waals surface area contributed by atoms with Gasteiger partial charge in [-0.3, -0.25) is 9.36 Å². The van der Waals surface area contributed by atoms with Gasteiger partial charge < -0.3 is 15.2 Å². The van der Waals surface area contributed by atoms with Crippen molar-refractivity contribution in [3.63, 3.8) is 0 Å². The predicted molar refractivity (Wildman–Crippen MR) is 141 cm³/mol. The van der Waals surface area contributed by atoms with E-state index in [0.717, 1.165) is 15.9 Å². The Balaban J connectivity index is 2.15. The van der Waals surface area contributed by atoms with Crippen molar-refractivity contribution in [2.24, 2.45) is 5.73 Å². The van der Waals surface area contributed by atoms with Gasteiger partial charge in [-0.05, 0) is 43.2 Å². The van der Waals surface area contributed by atoms with Crippen LogP contribution in [0, 0.1) is 0 Å². The van der Waals surface area contributed by atoms with Crippen LogP contribution in [-0.2, 0) is 19.1 Å². The molecule has 0 fully saturated rings. The minimum atomic E-state index is -1.01. The van der Waals surface area contributed by atoms with E-state index in [9.17, 15) is 14.4 Å². The summed E-state index contributed by atoms with van der Waals surface area (Å²) in [4.78, 5) is 40.1. The molecule has 2 aromatic carbocycles. The van der Waals surface area contributed by atoms with Crippen LogP contribution in [0.3, 0.4) is 0 Å². The lowest BCUT2D eigenvalue weighted by molar-refractivity contribution is -0.138. The van der Waals surface area contributed by atoms with E-state index in [1.807, 2.05) is 0 Å². The number of hydrogen-bond donors (Lipinski definition) is 1. The Labute approximate surface area is 220 Å². The van der Waals surface area contributed by atoms with Crippen molar-refractivity contribution < 1.29 is 19.1 Å². The number of halogens is 2. The molecule has 1 atom stereocenters. The Morgan fingerprint density at radius 2 is 1.56 bits per heavy atom. The highest BCUT2D eigenvalue weighted by molar-refractivity contribution is 7.07. The van der Waals surface area contributed by atoms with Gasteiger partial charge in [0.25, 0.3) is 5.56 Å². The molecule has 0 spiro atoms. The van der Waals surface area contributed by atoms with Crippen LogP contribution in [0.25, 0.3) is 17.5 Å². The second kappa shape index (κ2) is 10.7. The van der Waals surface area contributed by atoms with E-state index < -0.39 is 23.4 Å². The molecular formula is C26H22Cl2N2O5S. The van der Waals surface area contributed by atoms with Gasteiger partial charge >= 0.3 is 11.9 Å². The summed E-state index contributed by atoms with van der Waals surface area (Å²) in [5.74, 6) is -2.61. The summed E-state index contributed by atoms with van der Waals surface area (Å²) in [5, 5.41) is 0.765. The molecule has 4 rings (SSSR count). The maximum absolute atomic E-state index is 13.5. The number of rotatable bonds is 6. The van der Waals surface area contributed by atoms with Gasteiger partial charge in [0.05, 0.1) is 34.8 Å². The number of carbonyl (C=O) groups excluding carboxylic acids is 2. The normalized spacial score (nSPS) is 15.6. The zero-order valence-corrected chi connectivity index (χ0v) is 21.7. The minimum Gasteiger partial charge on any atom is -0.463 e. The number of carbonyl (C=O) groups is 2. The van der Waals surface area contributed by atoms with Crippen molar-refractivity contribution in [3.05, 3.63) is 94.8 Å². The number of esters is 2. The standard InChI is InChI=1S/C26H22Cl2N2O5S/c1-3-34-25(32)20-19(15-10-6-8-12-17(15)28)21(26(33)35-4-2)24-30(22(20)29)23(31)18(36-24)13-14-9-5-7-11-16(14)27/h5-13,19H,3-4,29H2,1-2H3/b18-13-. The summed E-state index contributed by atoms with van der Waals surface area (Å²) in [6, 6.07) is 13.8. The van der Waals surface area contributed by atoms with Gasteiger partial charge in [-0.2, -0.15) is 0 Å². The summed E-state index contributed by atoms with van der Waals surface area (Å²) in [7, 11) is 0. The fourth-order valence-corrected chi connectivity index (χ4v) is 5.61. The Morgan fingerprint density at radius 1 is 0.972 bits per heavy atom. The second-order valence-corrected chi connectivity index (χ2v) is 9.53. The molecule has 0 radical (unpaired) electrons. The van der Waals surface area contributed by atoms with Crippen molar-refractivity contribution in [3.8, 4) is 0 Å². The number of thiazole rings is 1. The van der Waals surface area contributed by atoms with Crippen LogP contribution in [-0.4, -0.2) is 29.7 Å². The van der Waals surface area contributed by atoms with Crippen LogP contribution < -0.4 is 20.5 Å². The van der Waals surface area contributed by atoms with Crippen LogP contribution in [0.1, 0.15) is 30.9 Å².